The first-order chi connectivity index (χ1) is 16.5. The Hall–Kier alpha value is -4.35. The van der Waals surface area contributed by atoms with Gasteiger partial charge in [-0.25, -0.2) is 4.98 Å². The molecule has 0 saturated carbocycles. The molecule has 4 aromatic carbocycles. The summed E-state index contributed by atoms with van der Waals surface area (Å²) in [5.41, 5.74) is 4.75. The lowest BCUT2D eigenvalue weighted by atomic mass is 10.0. The van der Waals surface area contributed by atoms with E-state index >= 15 is 0 Å². The fourth-order valence-corrected chi connectivity index (χ4v) is 3.93. The fraction of sp³-hybridized carbons (Fsp3) is 0. The number of pyridine rings is 1. The van der Waals surface area contributed by atoms with E-state index in [0.717, 1.165) is 27.7 Å². The number of fused-ring (bicyclic) bond motifs is 1. The van der Waals surface area contributed by atoms with Crippen LogP contribution in [-0.4, -0.2) is 16.0 Å². The number of rotatable bonds is 5. The van der Waals surface area contributed by atoms with Gasteiger partial charge in [0, 0.05) is 33.4 Å². The van der Waals surface area contributed by atoms with Crippen molar-refractivity contribution in [2.45, 2.75) is 0 Å². The molecule has 0 saturated heterocycles. The van der Waals surface area contributed by atoms with Gasteiger partial charge in [0.25, 0.3) is 5.91 Å². The molecule has 0 spiro atoms. The second-order valence-electron chi connectivity index (χ2n) is 7.79. The van der Waals surface area contributed by atoms with Crippen LogP contribution in [0.25, 0.3) is 22.0 Å². The van der Waals surface area contributed by atoms with E-state index in [1.165, 1.54) is 6.07 Å². The number of halogens is 1. The first-order valence-electron chi connectivity index (χ1n) is 10.7. The number of aromatic nitrogens is 1. The van der Waals surface area contributed by atoms with Gasteiger partial charge in [0.05, 0.1) is 5.52 Å². The van der Waals surface area contributed by atoms with Crippen LogP contribution in [-0.2, 0) is 0 Å². The van der Waals surface area contributed by atoms with Crippen molar-refractivity contribution < 1.29 is 9.90 Å². The molecule has 0 aliphatic heterocycles. The molecule has 6 heteroatoms. The summed E-state index contributed by atoms with van der Waals surface area (Å²) < 4.78 is 0. The third-order valence-electron chi connectivity index (χ3n) is 5.38. The Morgan fingerprint density at radius 3 is 2.35 bits per heavy atom. The van der Waals surface area contributed by atoms with Gasteiger partial charge in [-0.2, -0.15) is 0 Å². The van der Waals surface area contributed by atoms with Gasteiger partial charge in [0.2, 0.25) is 0 Å². The van der Waals surface area contributed by atoms with Gasteiger partial charge in [0.1, 0.15) is 11.6 Å². The third-order valence-corrected chi connectivity index (χ3v) is 5.61. The minimum absolute atomic E-state index is 0.0948. The monoisotopic (exact) mass is 465 g/mol. The van der Waals surface area contributed by atoms with Crippen LogP contribution in [0.4, 0.5) is 17.2 Å². The van der Waals surface area contributed by atoms with E-state index in [1.807, 2.05) is 54.6 Å². The van der Waals surface area contributed by atoms with Crippen molar-refractivity contribution in [3.63, 3.8) is 0 Å². The first-order valence-corrected chi connectivity index (χ1v) is 11.1. The lowest BCUT2D eigenvalue weighted by Crippen LogP contribution is -2.11. The average molecular weight is 466 g/mol. The van der Waals surface area contributed by atoms with Gasteiger partial charge in [-0.1, -0.05) is 48.0 Å². The van der Waals surface area contributed by atoms with Gasteiger partial charge < -0.3 is 15.7 Å². The maximum atomic E-state index is 12.5. The van der Waals surface area contributed by atoms with Crippen molar-refractivity contribution in [3.8, 4) is 16.9 Å². The molecule has 5 nitrogen and oxygen atoms in total. The highest BCUT2D eigenvalue weighted by Crippen LogP contribution is 2.32. The number of carbonyl (C=O) groups is 1. The van der Waals surface area contributed by atoms with Crippen molar-refractivity contribution >= 4 is 45.6 Å². The third kappa shape index (κ3) is 4.70. The Kier molecular flexibility index (Phi) is 5.85. The summed E-state index contributed by atoms with van der Waals surface area (Å²) in [4.78, 5) is 17.3. The van der Waals surface area contributed by atoms with Crippen molar-refractivity contribution in [1.82, 2.24) is 4.98 Å². The summed E-state index contributed by atoms with van der Waals surface area (Å²) in [7, 11) is 0. The second-order valence-corrected chi connectivity index (χ2v) is 8.23. The average Bonchev–Trinajstić information content (AvgIpc) is 2.85. The van der Waals surface area contributed by atoms with Gasteiger partial charge in [0.15, 0.2) is 0 Å². The maximum Gasteiger partial charge on any atom is 0.255 e. The van der Waals surface area contributed by atoms with Gasteiger partial charge in [-0.15, -0.1) is 0 Å². The molecule has 0 radical (unpaired) electrons. The Morgan fingerprint density at radius 2 is 1.59 bits per heavy atom. The molecule has 166 valence electrons. The maximum absolute atomic E-state index is 12.5. The SMILES string of the molecule is O=C(Nc1cccc(O)c1)c1ccc(Nc2cc(-c3ccccc3)c3cc(Cl)ccc3n2)cc1. The quantitative estimate of drug-likeness (QED) is 0.255. The molecule has 1 amide bonds. The van der Waals surface area contributed by atoms with Gasteiger partial charge in [-0.3, -0.25) is 4.79 Å². The number of hydrogen-bond donors (Lipinski definition) is 3. The topological polar surface area (TPSA) is 74.2 Å². The molecule has 0 aliphatic rings. The summed E-state index contributed by atoms with van der Waals surface area (Å²) in [6, 6.07) is 31.3. The smallest absolute Gasteiger partial charge is 0.255 e. The lowest BCUT2D eigenvalue weighted by molar-refractivity contribution is 0.102. The van der Waals surface area contributed by atoms with Crippen LogP contribution in [0, 0.1) is 0 Å². The van der Waals surface area contributed by atoms with E-state index in [2.05, 4.69) is 22.8 Å². The highest BCUT2D eigenvalue weighted by Gasteiger charge is 2.10. The van der Waals surface area contributed by atoms with Crippen molar-refractivity contribution in [2.24, 2.45) is 0 Å². The molecule has 0 aliphatic carbocycles. The van der Waals surface area contributed by atoms with Crippen molar-refractivity contribution in [2.75, 3.05) is 10.6 Å². The predicted octanol–water partition coefficient (Wildman–Crippen LogP) is 7.26. The first kappa shape index (κ1) is 21.5. The molecular formula is C28H20ClN3O2. The zero-order valence-electron chi connectivity index (χ0n) is 18.0. The zero-order valence-corrected chi connectivity index (χ0v) is 18.8. The molecule has 0 atom stereocenters. The Balaban J connectivity index is 1.41. The summed E-state index contributed by atoms with van der Waals surface area (Å²) >= 11 is 6.26. The summed E-state index contributed by atoms with van der Waals surface area (Å²) in [6.45, 7) is 0. The van der Waals surface area contributed by atoms with Crippen LogP contribution in [0.1, 0.15) is 10.4 Å². The Bertz CT molecular complexity index is 1490. The largest absolute Gasteiger partial charge is 0.508 e. The zero-order chi connectivity index (χ0) is 23.5. The number of amides is 1. The predicted molar refractivity (Wildman–Crippen MR) is 138 cm³/mol. The van der Waals surface area contributed by atoms with Crippen LogP contribution in [0.3, 0.4) is 0 Å². The van der Waals surface area contributed by atoms with Gasteiger partial charge >= 0.3 is 0 Å². The van der Waals surface area contributed by atoms with Crippen LogP contribution in [0.5, 0.6) is 5.75 Å². The van der Waals surface area contributed by atoms with Crippen LogP contribution in [0.2, 0.25) is 5.02 Å². The van der Waals surface area contributed by atoms with Gasteiger partial charge in [-0.05, 0) is 71.8 Å². The van der Waals surface area contributed by atoms with E-state index in [0.29, 0.717) is 22.1 Å². The Labute approximate surface area is 201 Å². The molecule has 0 fully saturated rings. The van der Waals surface area contributed by atoms with Crippen molar-refractivity contribution in [3.05, 3.63) is 114 Å². The number of hydrogen-bond acceptors (Lipinski definition) is 4. The number of anilines is 3. The molecule has 5 aromatic rings. The number of nitrogens with one attached hydrogen (secondary N) is 2. The minimum atomic E-state index is -0.260. The summed E-state index contributed by atoms with van der Waals surface area (Å²) in [6.07, 6.45) is 0. The van der Waals surface area contributed by atoms with E-state index in [4.69, 9.17) is 16.6 Å². The number of nitrogens with zero attached hydrogens (tertiary/aromatic N) is 1. The highest BCUT2D eigenvalue weighted by molar-refractivity contribution is 6.31. The molecule has 5 rings (SSSR count). The molecule has 0 unspecified atom stereocenters. The summed E-state index contributed by atoms with van der Waals surface area (Å²) in [5.74, 6) is 0.521. The van der Waals surface area contributed by atoms with Crippen LogP contribution in [0.15, 0.2) is 103 Å². The number of phenols is 1. The molecular weight excluding hydrogens is 446 g/mol. The molecule has 3 N–H and O–H groups in total. The number of benzene rings is 4. The van der Waals surface area contributed by atoms with Crippen LogP contribution >= 0.6 is 11.6 Å². The number of phenolic OH excluding ortho intramolecular Hbond substituents is 1. The van der Waals surface area contributed by atoms with Crippen molar-refractivity contribution in [1.29, 1.82) is 0 Å². The van der Waals surface area contributed by atoms with E-state index < -0.39 is 0 Å². The second kappa shape index (κ2) is 9.25. The fourth-order valence-electron chi connectivity index (χ4n) is 3.76. The Morgan fingerprint density at radius 1 is 0.794 bits per heavy atom. The van der Waals surface area contributed by atoms with E-state index in [9.17, 15) is 9.90 Å². The lowest BCUT2D eigenvalue weighted by Gasteiger charge is -2.12. The standard InChI is InChI=1S/C28H20ClN3O2/c29-20-11-14-26-25(15-20)24(18-5-2-1-3-6-18)17-27(32-26)30-21-12-9-19(10-13-21)28(34)31-22-7-4-8-23(33)16-22/h1-17,33H,(H,30,32)(H,31,34). The molecule has 34 heavy (non-hydrogen) atoms. The molecule has 1 aromatic heterocycles. The minimum Gasteiger partial charge on any atom is -0.508 e. The summed E-state index contributed by atoms with van der Waals surface area (Å²) in [5, 5.41) is 17.3. The molecule has 1 heterocycles. The number of aromatic hydroxyl groups is 1. The van der Waals surface area contributed by atoms with E-state index in [1.54, 1.807) is 30.3 Å². The highest BCUT2D eigenvalue weighted by atomic mass is 35.5. The number of carbonyl (C=O) groups excluding carboxylic acids is 1. The normalized spacial score (nSPS) is 10.7. The van der Waals surface area contributed by atoms with Crippen LogP contribution < -0.4 is 10.6 Å². The molecule has 0 bridgehead atoms. The van der Waals surface area contributed by atoms with E-state index in [-0.39, 0.29) is 11.7 Å².